The minimum atomic E-state index is -4.38. The van der Waals surface area contributed by atoms with E-state index >= 15 is 0 Å². The minimum absolute atomic E-state index is 0.0928. The van der Waals surface area contributed by atoms with Crippen LogP contribution < -0.4 is 15.8 Å². The van der Waals surface area contributed by atoms with Gasteiger partial charge in [0.05, 0.1) is 23.5 Å². The molecule has 0 atom stereocenters. The lowest BCUT2D eigenvalue weighted by atomic mass is 10.1. The van der Waals surface area contributed by atoms with Gasteiger partial charge in [0.1, 0.15) is 5.69 Å². The van der Waals surface area contributed by atoms with E-state index < -0.39 is 11.7 Å². The van der Waals surface area contributed by atoms with Crippen LogP contribution >= 0.6 is 0 Å². The zero-order chi connectivity index (χ0) is 24.5. The molecule has 7 nitrogen and oxygen atoms in total. The van der Waals surface area contributed by atoms with E-state index in [0.29, 0.717) is 43.2 Å². The van der Waals surface area contributed by atoms with Crippen molar-refractivity contribution in [2.45, 2.75) is 13.1 Å². The Morgan fingerprint density at radius 1 is 0.971 bits per heavy atom. The zero-order valence-corrected chi connectivity index (χ0v) is 19.0. The van der Waals surface area contributed by atoms with Gasteiger partial charge in [-0.2, -0.15) is 13.2 Å². The van der Waals surface area contributed by atoms with Crippen molar-refractivity contribution in [1.82, 2.24) is 14.3 Å². The first kappa shape index (κ1) is 23.6. The molecule has 1 saturated heterocycles. The van der Waals surface area contributed by atoms with E-state index in [2.05, 4.69) is 5.32 Å². The number of aromatic nitrogens is 2. The molecule has 1 amide bonds. The number of anilines is 2. The fourth-order valence-corrected chi connectivity index (χ4v) is 4.14. The number of benzene rings is 2. The quantitative estimate of drug-likeness (QED) is 0.618. The molecule has 4 rings (SSSR count). The average molecular weight is 473 g/mol. The van der Waals surface area contributed by atoms with Gasteiger partial charge in [-0.15, -0.1) is 0 Å². The number of hydrogen-bond donors (Lipinski definition) is 1. The van der Waals surface area contributed by atoms with Crippen molar-refractivity contribution < 1.29 is 18.0 Å². The van der Waals surface area contributed by atoms with Gasteiger partial charge in [0.25, 0.3) is 5.56 Å². The molecule has 0 radical (unpaired) electrons. The van der Waals surface area contributed by atoms with E-state index in [1.807, 2.05) is 40.1 Å². The maximum absolute atomic E-state index is 13.0. The number of nitrogens with zero attached hydrogens (tertiary/aromatic N) is 4. The number of hydrogen-bond acceptors (Lipinski definition) is 4. The third kappa shape index (κ3) is 4.86. The molecule has 34 heavy (non-hydrogen) atoms. The first-order valence-corrected chi connectivity index (χ1v) is 10.9. The topological polar surface area (TPSA) is 62.5 Å². The maximum Gasteiger partial charge on any atom is 0.416 e. The van der Waals surface area contributed by atoms with E-state index in [1.165, 1.54) is 10.7 Å². The number of para-hydroxylation sites is 1. The van der Waals surface area contributed by atoms with Crippen molar-refractivity contribution >= 4 is 17.3 Å². The highest BCUT2D eigenvalue weighted by atomic mass is 19.4. The lowest BCUT2D eigenvalue weighted by molar-refractivity contribution is -0.137. The molecular formula is C24H26F3N5O2. The second-order valence-corrected chi connectivity index (χ2v) is 8.30. The van der Waals surface area contributed by atoms with Crippen molar-refractivity contribution in [3.05, 3.63) is 76.2 Å². The van der Waals surface area contributed by atoms with Crippen molar-refractivity contribution in [2.75, 3.05) is 42.9 Å². The molecule has 1 fully saturated rings. The van der Waals surface area contributed by atoms with Gasteiger partial charge in [0.15, 0.2) is 0 Å². The van der Waals surface area contributed by atoms with Crippen molar-refractivity contribution in [2.24, 2.45) is 7.05 Å². The average Bonchev–Trinajstić information content (AvgIpc) is 3.02. The normalized spacial score (nSPS) is 14.9. The number of amides is 1. The van der Waals surface area contributed by atoms with Crippen LogP contribution in [0, 0.1) is 6.92 Å². The van der Waals surface area contributed by atoms with Gasteiger partial charge in [-0.1, -0.05) is 24.3 Å². The Balaban J connectivity index is 1.38. The summed E-state index contributed by atoms with van der Waals surface area (Å²) in [6, 6.07) is 14.4. The molecule has 0 bridgehead atoms. The highest BCUT2D eigenvalue weighted by Gasteiger charge is 2.31. The molecule has 180 valence electrons. The molecule has 0 unspecified atom stereocenters. The Morgan fingerprint density at radius 3 is 2.26 bits per heavy atom. The predicted octanol–water partition coefficient (Wildman–Crippen LogP) is 3.26. The molecule has 3 aromatic rings. The van der Waals surface area contributed by atoms with Crippen LogP contribution in [0.2, 0.25) is 0 Å². The number of carbonyl (C=O) groups is 1. The van der Waals surface area contributed by atoms with Crippen LogP contribution in [0.25, 0.3) is 5.69 Å². The highest BCUT2D eigenvalue weighted by Crippen LogP contribution is 2.31. The van der Waals surface area contributed by atoms with Crippen LogP contribution in [0.3, 0.4) is 0 Å². The molecule has 2 aromatic carbocycles. The molecule has 1 aliphatic heterocycles. The lowest BCUT2D eigenvalue weighted by Gasteiger charge is -2.35. The smallest absolute Gasteiger partial charge is 0.369 e. The Bertz CT molecular complexity index is 1230. The summed E-state index contributed by atoms with van der Waals surface area (Å²) in [5, 5.41) is 2.75. The van der Waals surface area contributed by atoms with Crippen LogP contribution in [0.1, 0.15) is 11.3 Å². The van der Waals surface area contributed by atoms with Crippen LogP contribution in [-0.2, 0) is 18.0 Å². The number of carbonyl (C=O) groups excluding carboxylic acids is 1. The summed E-state index contributed by atoms with van der Waals surface area (Å²) in [6.45, 7) is 3.90. The van der Waals surface area contributed by atoms with Crippen LogP contribution in [0.4, 0.5) is 24.5 Å². The Kier molecular flexibility index (Phi) is 6.52. The summed E-state index contributed by atoms with van der Waals surface area (Å²) in [6.07, 6.45) is -4.38. The van der Waals surface area contributed by atoms with E-state index in [-0.39, 0.29) is 23.7 Å². The molecular weight excluding hydrogens is 447 g/mol. The first-order chi connectivity index (χ1) is 16.1. The van der Waals surface area contributed by atoms with Gasteiger partial charge in [-0.05, 0) is 37.3 Å². The summed E-state index contributed by atoms with van der Waals surface area (Å²) in [5.74, 6) is -0.307. The van der Waals surface area contributed by atoms with Gasteiger partial charge in [0.2, 0.25) is 5.91 Å². The maximum atomic E-state index is 13.0. The third-order valence-corrected chi connectivity index (χ3v) is 6.10. The van der Waals surface area contributed by atoms with Gasteiger partial charge < -0.3 is 10.2 Å². The summed E-state index contributed by atoms with van der Waals surface area (Å²) < 4.78 is 42.2. The van der Waals surface area contributed by atoms with Gasteiger partial charge in [-0.25, -0.2) is 4.68 Å². The number of halogens is 3. The fourth-order valence-electron chi connectivity index (χ4n) is 4.14. The first-order valence-electron chi connectivity index (χ1n) is 10.9. The summed E-state index contributed by atoms with van der Waals surface area (Å²) in [4.78, 5) is 29.5. The zero-order valence-electron chi connectivity index (χ0n) is 19.0. The molecule has 10 heteroatoms. The number of alkyl halides is 3. The summed E-state index contributed by atoms with van der Waals surface area (Å²) in [7, 11) is 1.76. The van der Waals surface area contributed by atoms with Crippen LogP contribution in [-0.4, -0.2) is 52.9 Å². The molecule has 0 saturated carbocycles. The SMILES string of the molecule is Cc1c(NC(=O)CN2CCN(c3cccc(C(F)(F)F)c3)CC2)c(=O)n(-c2ccccc2)n1C. The Morgan fingerprint density at radius 2 is 1.62 bits per heavy atom. The predicted molar refractivity (Wildman–Crippen MR) is 124 cm³/mol. The van der Waals surface area contributed by atoms with Crippen LogP contribution in [0.15, 0.2) is 59.4 Å². The molecule has 0 spiro atoms. The van der Waals surface area contributed by atoms with E-state index in [1.54, 1.807) is 24.7 Å². The van der Waals surface area contributed by atoms with Crippen molar-refractivity contribution in [1.29, 1.82) is 0 Å². The number of piperazine rings is 1. The molecule has 1 aliphatic rings. The molecule has 1 N–H and O–H groups in total. The number of rotatable bonds is 5. The molecule has 2 heterocycles. The van der Waals surface area contributed by atoms with Gasteiger partial charge >= 0.3 is 6.18 Å². The Hall–Kier alpha value is -3.53. The summed E-state index contributed by atoms with van der Waals surface area (Å²) in [5.41, 5.74) is 1.10. The van der Waals surface area contributed by atoms with E-state index in [0.717, 1.165) is 12.1 Å². The van der Waals surface area contributed by atoms with Crippen LogP contribution in [0.5, 0.6) is 0 Å². The second kappa shape index (κ2) is 9.38. The third-order valence-electron chi connectivity index (χ3n) is 6.10. The summed E-state index contributed by atoms with van der Waals surface area (Å²) >= 11 is 0. The molecule has 0 aliphatic carbocycles. The van der Waals surface area contributed by atoms with E-state index in [4.69, 9.17) is 0 Å². The highest BCUT2D eigenvalue weighted by molar-refractivity contribution is 5.92. The standard InChI is InChI=1S/C24H26F3N5O2/c1-17-22(23(34)32(29(17)2)19-8-4-3-5-9-19)28-21(33)16-30-11-13-31(14-12-30)20-10-6-7-18(15-20)24(25,26)27/h3-10,15H,11-14,16H2,1-2H3,(H,28,33). The van der Waals surface area contributed by atoms with Gasteiger partial charge in [0, 0.05) is 38.9 Å². The second-order valence-electron chi connectivity index (χ2n) is 8.30. The van der Waals surface area contributed by atoms with E-state index in [9.17, 15) is 22.8 Å². The van der Waals surface area contributed by atoms with Crippen molar-refractivity contribution in [3.8, 4) is 5.69 Å². The fraction of sp³-hybridized carbons (Fsp3) is 0.333. The monoisotopic (exact) mass is 473 g/mol. The Labute approximate surface area is 195 Å². The minimum Gasteiger partial charge on any atom is -0.369 e. The lowest BCUT2D eigenvalue weighted by Crippen LogP contribution is -2.48. The number of nitrogens with one attached hydrogen (secondary N) is 1. The molecule has 1 aromatic heterocycles. The largest absolute Gasteiger partial charge is 0.416 e. The van der Waals surface area contributed by atoms with Gasteiger partial charge in [-0.3, -0.25) is 19.2 Å². The van der Waals surface area contributed by atoms with Crippen molar-refractivity contribution in [3.63, 3.8) is 0 Å².